The topological polar surface area (TPSA) is 47.6 Å². The number of methoxy groups -OCH3 is 1. The fraction of sp³-hybridized carbons (Fsp3) is 0.682. The Bertz CT molecular complexity index is 691. The Balaban J connectivity index is 1.37. The highest BCUT2D eigenvalue weighted by Gasteiger charge is 2.58. The van der Waals surface area contributed by atoms with E-state index >= 15 is 0 Å². The van der Waals surface area contributed by atoms with E-state index in [1.54, 1.807) is 7.11 Å². The minimum Gasteiger partial charge on any atom is -0.497 e. The van der Waals surface area contributed by atoms with E-state index in [9.17, 15) is 4.79 Å². The van der Waals surface area contributed by atoms with Gasteiger partial charge in [-0.15, -0.1) is 0 Å². The van der Waals surface area contributed by atoms with Crippen LogP contribution in [0.5, 0.6) is 5.75 Å². The summed E-state index contributed by atoms with van der Waals surface area (Å²) in [5, 5.41) is 3.51. The number of hydrogen-bond acceptors (Lipinski definition) is 3. The third-order valence-electron chi connectivity index (χ3n) is 7.41. The van der Waals surface area contributed by atoms with E-state index in [-0.39, 0.29) is 17.4 Å². The first-order valence-corrected chi connectivity index (χ1v) is 10.2. The summed E-state index contributed by atoms with van der Waals surface area (Å²) in [6.07, 6.45) is 10.8. The van der Waals surface area contributed by atoms with Crippen molar-refractivity contribution in [2.75, 3.05) is 7.11 Å². The molecule has 0 aromatic heterocycles. The van der Waals surface area contributed by atoms with E-state index in [1.807, 2.05) is 12.1 Å². The molecule has 0 radical (unpaired) electrons. The molecule has 2 atom stereocenters. The van der Waals surface area contributed by atoms with Crippen LogP contribution in [0.2, 0.25) is 0 Å². The van der Waals surface area contributed by atoms with Gasteiger partial charge in [0.25, 0.3) is 0 Å². The van der Waals surface area contributed by atoms with Crippen molar-refractivity contribution in [2.45, 2.75) is 75.5 Å². The van der Waals surface area contributed by atoms with Gasteiger partial charge in [0, 0.05) is 5.92 Å². The Morgan fingerprint density at radius 3 is 2.54 bits per heavy atom. The van der Waals surface area contributed by atoms with Gasteiger partial charge in [-0.2, -0.15) is 0 Å². The summed E-state index contributed by atoms with van der Waals surface area (Å²) in [5.41, 5.74) is 1.48. The van der Waals surface area contributed by atoms with Crippen molar-refractivity contribution < 1.29 is 14.3 Å². The van der Waals surface area contributed by atoms with Gasteiger partial charge in [-0.25, -0.2) is 0 Å². The van der Waals surface area contributed by atoms with Crippen LogP contribution in [0.3, 0.4) is 0 Å². The molecule has 2 heterocycles. The maximum Gasteiger partial charge on any atom is 0.224 e. The Morgan fingerprint density at radius 2 is 1.92 bits per heavy atom. The van der Waals surface area contributed by atoms with E-state index in [1.165, 1.54) is 24.8 Å². The molecule has 4 aliphatic rings. The summed E-state index contributed by atoms with van der Waals surface area (Å²) in [6, 6.07) is 8.29. The largest absolute Gasteiger partial charge is 0.497 e. The zero-order chi connectivity index (χ0) is 17.8. The number of rotatable bonds is 4. The molecule has 140 valence electrons. The van der Waals surface area contributed by atoms with Gasteiger partial charge in [0.2, 0.25) is 5.91 Å². The van der Waals surface area contributed by atoms with E-state index < -0.39 is 0 Å². The molecule has 4 heteroatoms. The van der Waals surface area contributed by atoms with E-state index in [4.69, 9.17) is 9.47 Å². The lowest BCUT2D eigenvalue weighted by Gasteiger charge is -2.61. The van der Waals surface area contributed by atoms with Crippen LogP contribution >= 0.6 is 0 Å². The lowest BCUT2D eigenvalue weighted by molar-refractivity contribution is -0.140. The van der Waals surface area contributed by atoms with Gasteiger partial charge >= 0.3 is 0 Å². The predicted octanol–water partition coefficient (Wildman–Crippen LogP) is 3.93. The van der Waals surface area contributed by atoms with Crippen LogP contribution in [0, 0.1) is 11.3 Å². The second-order valence-corrected chi connectivity index (χ2v) is 9.14. The van der Waals surface area contributed by atoms with Crippen molar-refractivity contribution >= 4 is 5.91 Å². The molecule has 2 aliphatic carbocycles. The zero-order valence-electron chi connectivity index (χ0n) is 15.6. The van der Waals surface area contributed by atoms with Crippen LogP contribution in [-0.2, 0) is 15.1 Å². The predicted molar refractivity (Wildman–Crippen MR) is 99.0 cm³/mol. The maximum atomic E-state index is 13.2. The number of fused-ring (bicyclic) bond motifs is 2. The standard InChI is InChI=1S/C22H29NO3/c1-25-17-5-2-4-16(12-17)22(13-21(14-22)8-3-9-21)23-20(24)15-10-18-6-7-19(11-15)26-18/h2,4-5,12,15,18-19H,3,6-11,13-14H2,1H3,(H,23,24). The molecular weight excluding hydrogens is 326 g/mol. The number of amides is 1. The van der Waals surface area contributed by atoms with E-state index in [0.717, 1.165) is 44.3 Å². The lowest BCUT2D eigenvalue weighted by Crippen LogP contribution is -2.62. The summed E-state index contributed by atoms with van der Waals surface area (Å²) >= 11 is 0. The van der Waals surface area contributed by atoms with Crippen molar-refractivity contribution in [1.82, 2.24) is 5.32 Å². The molecular formula is C22H29NO3. The maximum absolute atomic E-state index is 13.2. The number of hydrogen-bond donors (Lipinski definition) is 1. The van der Waals surface area contributed by atoms with Crippen molar-refractivity contribution in [1.29, 1.82) is 0 Å². The summed E-state index contributed by atoms with van der Waals surface area (Å²) in [4.78, 5) is 13.2. The van der Waals surface area contributed by atoms with Crippen molar-refractivity contribution in [3.8, 4) is 5.75 Å². The highest BCUT2D eigenvalue weighted by atomic mass is 16.5. The molecule has 1 aromatic rings. The first-order valence-electron chi connectivity index (χ1n) is 10.2. The van der Waals surface area contributed by atoms with Crippen molar-refractivity contribution in [3.05, 3.63) is 29.8 Å². The van der Waals surface area contributed by atoms with Crippen LogP contribution in [-0.4, -0.2) is 25.2 Å². The van der Waals surface area contributed by atoms with Gasteiger partial charge in [0.05, 0.1) is 24.9 Å². The molecule has 4 fully saturated rings. The minimum atomic E-state index is -0.205. The molecule has 1 amide bonds. The average molecular weight is 355 g/mol. The Labute approximate surface area is 155 Å². The molecule has 1 spiro atoms. The zero-order valence-corrected chi connectivity index (χ0v) is 15.6. The molecule has 1 N–H and O–H groups in total. The molecule has 2 saturated heterocycles. The molecule has 2 bridgehead atoms. The first-order chi connectivity index (χ1) is 12.6. The van der Waals surface area contributed by atoms with Gasteiger partial charge in [-0.3, -0.25) is 4.79 Å². The normalized spacial score (nSPS) is 33.2. The summed E-state index contributed by atoms with van der Waals surface area (Å²) < 4.78 is 11.4. The van der Waals surface area contributed by atoms with E-state index in [2.05, 4.69) is 17.4 Å². The number of carbonyl (C=O) groups is 1. The molecule has 4 nitrogen and oxygen atoms in total. The third kappa shape index (κ3) is 2.65. The van der Waals surface area contributed by atoms with Crippen LogP contribution in [0.4, 0.5) is 0 Å². The van der Waals surface area contributed by atoms with Crippen LogP contribution < -0.4 is 10.1 Å². The number of benzene rings is 1. The Morgan fingerprint density at radius 1 is 1.19 bits per heavy atom. The number of ether oxygens (including phenoxy) is 2. The van der Waals surface area contributed by atoms with Crippen LogP contribution in [0.15, 0.2) is 24.3 Å². The smallest absolute Gasteiger partial charge is 0.224 e. The van der Waals surface area contributed by atoms with Crippen LogP contribution in [0.1, 0.15) is 63.4 Å². The fourth-order valence-corrected chi connectivity index (χ4v) is 5.95. The van der Waals surface area contributed by atoms with E-state index in [0.29, 0.717) is 17.6 Å². The minimum absolute atomic E-state index is 0.113. The molecule has 5 rings (SSSR count). The highest BCUT2D eigenvalue weighted by molar-refractivity contribution is 5.80. The molecule has 26 heavy (non-hydrogen) atoms. The van der Waals surface area contributed by atoms with Crippen molar-refractivity contribution in [2.24, 2.45) is 11.3 Å². The summed E-state index contributed by atoms with van der Waals surface area (Å²) in [5.74, 6) is 1.22. The first kappa shape index (κ1) is 16.6. The average Bonchev–Trinajstić information content (AvgIpc) is 2.93. The van der Waals surface area contributed by atoms with Gasteiger partial charge in [-0.05, 0) is 74.5 Å². The Hall–Kier alpha value is -1.55. The lowest BCUT2D eigenvalue weighted by atomic mass is 9.47. The van der Waals surface area contributed by atoms with Crippen molar-refractivity contribution in [3.63, 3.8) is 0 Å². The molecule has 2 saturated carbocycles. The summed E-state index contributed by atoms with van der Waals surface area (Å²) in [7, 11) is 1.70. The monoisotopic (exact) mass is 355 g/mol. The fourth-order valence-electron chi connectivity index (χ4n) is 5.95. The molecule has 2 aliphatic heterocycles. The quantitative estimate of drug-likeness (QED) is 0.890. The van der Waals surface area contributed by atoms with Gasteiger partial charge in [-0.1, -0.05) is 18.6 Å². The van der Waals surface area contributed by atoms with Gasteiger partial charge in [0.15, 0.2) is 0 Å². The van der Waals surface area contributed by atoms with Crippen LogP contribution in [0.25, 0.3) is 0 Å². The summed E-state index contributed by atoms with van der Waals surface area (Å²) in [6.45, 7) is 0. The SMILES string of the molecule is COc1cccc(C2(NC(=O)C3CC4CCC(C3)O4)CC3(CCC3)C2)c1. The molecule has 2 unspecified atom stereocenters. The number of carbonyl (C=O) groups excluding carboxylic acids is 1. The highest BCUT2D eigenvalue weighted by Crippen LogP contribution is 2.64. The third-order valence-corrected chi connectivity index (χ3v) is 7.41. The Kier molecular flexibility index (Phi) is 3.82. The second kappa shape index (κ2) is 5.98. The molecule has 1 aromatic carbocycles. The van der Waals surface area contributed by atoms with Gasteiger partial charge < -0.3 is 14.8 Å². The second-order valence-electron chi connectivity index (χ2n) is 9.14. The number of nitrogens with one attached hydrogen (secondary N) is 1. The van der Waals surface area contributed by atoms with Gasteiger partial charge in [0.1, 0.15) is 5.75 Å².